The Kier molecular flexibility index (Phi) is 6.34. The number of anilines is 3. The zero-order valence-electron chi connectivity index (χ0n) is 21.7. The van der Waals surface area contributed by atoms with Crippen LogP contribution < -0.4 is 15.0 Å². The van der Waals surface area contributed by atoms with Gasteiger partial charge in [-0.2, -0.15) is 5.10 Å². The number of amides is 1. The molecule has 0 spiro atoms. The van der Waals surface area contributed by atoms with Crippen LogP contribution in [0.25, 0.3) is 16.7 Å². The first kappa shape index (κ1) is 25.0. The van der Waals surface area contributed by atoms with E-state index in [1.165, 1.54) is 24.9 Å². The van der Waals surface area contributed by atoms with Gasteiger partial charge in [-0.1, -0.05) is 6.58 Å². The number of hydrogen-bond donors (Lipinski definition) is 1. The van der Waals surface area contributed by atoms with Gasteiger partial charge >= 0.3 is 0 Å². The van der Waals surface area contributed by atoms with E-state index in [1.54, 1.807) is 40.9 Å². The lowest BCUT2D eigenvalue weighted by atomic mass is 10.2. The van der Waals surface area contributed by atoms with E-state index in [0.717, 1.165) is 0 Å². The third-order valence-electron chi connectivity index (χ3n) is 6.67. The second-order valence-corrected chi connectivity index (χ2v) is 9.22. The summed E-state index contributed by atoms with van der Waals surface area (Å²) in [5.74, 6) is 0.721. The minimum atomic E-state index is -0.598. The van der Waals surface area contributed by atoms with Crippen molar-refractivity contribution in [1.82, 2.24) is 44.4 Å². The molecule has 1 N–H and O–H groups in total. The van der Waals surface area contributed by atoms with Gasteiger partial charge in [-0.25, -0.2) is 38.8 Å². The summed E-state index contributed by atoms with van der Waals surface area (Å²) in [5.41, 5.74) is 1.75. The molecule has 5 aromatic rings. The van der Waals surface area contributed by atoms with Gasteiger partial charge in [0.15, 0.2) is 28.8 Å². The molecule has 0 aliphatic carbocycles. The van der Waals surface area contributed by atoms with E-state index in [0.29, 0.717) is 48.0 Å². The quantitative estimate of drug-likeness (QED) is 0.317. The Balaban J connectivity index is 1.25. The van der Waals surface area contributed by atoms with Gasteiger partial charge in [0.25, 0.3) is 0 Å². The Hall–Kier alpha value is -5.27. The summed E-state index contributed by atoms with van der Waals surface area (Å²) in [6.45, 7) is 8.74. The normalized spacial score (nSPS) is 15.4. The zero-order valence-corrected chi connectivity index (χ0v) is 21.7. The minimum Gasteiger partial charge on any atom is -0.455 e. The molecule has 0 saturated carbocycles. The molecule has 1 aliphatic rings. The van der Waals surface area contributed by atoms with Gasteiger partial charge in [0, 0.05) is 43.5 Å². The average molecular weight is 542 g/mol. The first-order chi connectivity index (χ1) is 19.4. The Labute approximate surface area is 227 Å². The van der Waals surface area contributed by atoms with Crippen LogP contribution in [-0.4, -0.2) is 76.0 Å². The SMILES string of the molecule is C=CC(=O)N1CCN(c2ncc3ncnc(Nc4ncc(Oc5ccn6ncnc6c5)c(C)c4F)c3n2)C[C@H]1C. The number of nitrogens with one attached hydrogen (secondary N) is 1. The van der Waals surface area contributed by atoms with Crippen molar-refractivity contribution >= 4 is 40.2 Å². The monoisotopic (exact) mass is 541 g/mol. The van der Waals surface area contributed by atoms with E-state index < -0.39 is 5.82 Å². The highest BCUT2D eigenvalue weighted by Gasteiger charge is 2.28. The number of pyridine rings is 2. The summed E-state index contributed by atoms with van der Waals surface area (Å²) >= 11 is 0. The van der Waals surface area contributed by atoms with E-state index in [1.807, 2.05) is 11.8 Å². The Bertz CT molecular complexity index is 1760. The third kappa shape index (κ3) is 4.59. The second kappa shape index (κ2) is 10.1. The van der Waals surface area contributed by atoms with Gasteiger partial charge in [0.2, 0.25) is 11.9 Å². The standard InChI is InChI=1S/C26H24FN11O2/c1-4-21(39)37-8-7-36(12-15(37)2)26-29-10-18-23(34-26)25(32-13-30-18)35-24-22(27)16(3)19(11-28-24)40-17-5-6-38-20(9-17)31-14-33-38/h4-6,9-11,13-15H,1,7-8,12H2,2-3H3,(H,28,30,32,35)/t15-/m1/s1. The van der Waals surface area contributed by atoms with Crippen molar-refractivity contribution in [3.63, 3.8) is 0 Å². The van der Waals surface area contributed by atoms with Crippen molar-refractivity contribution < 1.29 is 13.9 Å². The molecule has 0 aromatic carbocycles. The van der Waals surface area contributed by atoms with E-state index in [2.05, 4.69) is 46.9 Å². The predicted octanol–water partition coefficient (Wildman–Crippen LogP) is 3.06. The maximum Gasteiger partial charge on any atom is 0.246 e. The highest BCUT2D eigenvalue weighted by Crippen LogP contribution is 2.31. The molecule has 13 nitrogen and oxygen atoms in total. The van der Waals surface area contributed by atoms with E-state index in [4.69, 9.17) is 4.74 Å². The third-order valence-corrected chi connectivity index (χ3v) is 6.67. The lowest BCUT2D eigenvalue weighted by Crippen LogP contribution is -2.54. The highest BCUT2D eigenvalue weighted by molar-refractivity contribution is 5.88. The zero-order chi connectivity index (χ0) is 27.8. The molecule has 0 bridgehead atoms. The second-order valence-electron chi connectivity index (χ2n) is 9.22. The Morgan fingerprint density at radius 3 is 2.85 bits per heavy atom. The Morgan fingerprint density at radius 2 is 2.02 bits per heavy atom. The largest absolute Gasteiger partial charge is 0.455 e. The highest BCUT2D eigenvalue weighted by atomic mass is 19.1. The molecule has 202 valence electrons. The predicted molar refractivity (Wildman–Crippen MR) is 144 cm³/mol. The van der Waals surface area contributed by atoms with Crippen LogP contribution >= 0.6 is 0 Å². The Morgan fingerprint density at radius 1 is 1.15 bits per heavy atom. The summed E-state index contributed by atoms with van der Waals surface area (Å²) in [6, 6.07) is 3.34. The van der Waals surface area contributed by atoms with Crippen molar-refractivity contribution in [3.8, 4) is 11.5 Å². The van der Waals surface area contributed by atoms with E-state index >= 15 is 4.39 Å². The fourth-order valence-corrected chi connectivity index (χ4v) is 4.52. The summed E-state index contributed by atoms with van der Waals surface area (Å²) in [6.07, 6.45) is 8.82. The topological polar surface area (TPSA) is 139 Å². The van der Waals surface area contributed by atoms with Crippen LogP contribution in [0.4, 0.5) is 22.0 Å². The van der Waals surface area contributed by atoms with Crippen molar-refractivity contribution in [2.45, 2.75) is 19.9 Å². The van der Waals surface area contributed by atoms with E-state index in [9.17, 15) is 4.79 Å². The van der Waals surface area contributed by atoms with Gasteiger partial charge in [-0.05, 0) is 26.0 Å². The number of carbonyl (C=O) groups excluding carboxylic acids is 1. The van der Waals surface area contributed by atoms with Crippen LogP contribution in [0.3, 0.4) is 0 Å². The molecule has 1 amide bonds. The molecular formula is C26H24FN11O2. The van der Waals surface area contributed by atoms with Crippen molar-refractivity contribution in [2.24, 2.45) is 0 Å². The number of halogens is 1. The molecule has 0 unspecified atom stereocenters. The van der Waals surface area contributed by atoms with E-state index in [-0.39, 0.29) is 34.9 Å². The first-order valence-electron chi connectivity index (χ1n) is 12.5. The first-order valence-corrected chi connectivity index (χ1v) is 12.5. The molecule has 1 fully saturated rings. The fraction of sp³-hybridized carbons (Fsp3) is 0.231. The molecule has 1 atom stereocenters. The van der Waals surface area contributed by atoms with Gasteiger partial charge < -0.3 is 19.9 Å². The molecule has 0 radical (unpaired) electrons. The van der Waals surface area contributed by atoms with Gasteiger partial charge in [-0.15, -0.1) is 0 Å². The van der Waals surface area contributed by atoms with Crippen molar-refractivity contribution in [1.29, 1.82) is 0 Å². The number of fused-ring (bicyclic) bond motifs is 2. The van der Waals surface area contributed by atoms with Crippen molar-refractivity contribution in [3.05, 3.63) is 67.4 Å². The van der Waals surface area contributed by atoms with Gasteiger partial charge in [0.05, 0.1) is 12.4 Å². The van der Waals surface area contributed by atoms with Crippen LogP contribution in [0.2, 0.25) is 0 Å². The summed E-state index contributed by atoms with van der Waals surface area (Å²) in [4.78, 5) is 41.9. The number of carbonyl (C=O) groups is 1. The molecule has 6 heterocycles. The number of ether oxygens (including phenoxy) is 1. The maximum absolute atomic E-state index is 15.4. The van der Waals surface area contributed by atoms with Crippen LogP contribution in [0.5, 0.6) is 11.5 Å². The smallest absolute Gasteiger partial charge is 0.246 e. The number of rotatable bonds is 6. The van der Waals surface area contributed by atoms with Gasteiger partial charge in [-0.3, -0.25) is 4.79 Å². The summed E-state index contributed by atoms with van der Waals surface area (Å²) < 4.78 is 22.9. The molecule has 14 heteroatoms. The average Bonchev–Trinajstić information content (AvgIpc) is 3.44. The lowest BCUT2D eigenvalue weighted by Gasteiger charge is -2.39. The van der Waals surface area contributed by atoms with Crippen LogP contribution in [0.1, 0.15) is 12.5 Å². The molecule has 6 rings (SSSR count). The molecule has 5 aromatic heterocycles. The summed E-state index contributed by atoms with van der Waals surface area (Å²) in [5, 5.41) is 7.00. The van der Waals surface area contributed by atoms with Gasteiger partial charge in [0.1, 0.15) is 29.4 Å². The molecule has 40 heavy (non-hydrogen) atoms. The molecular weight excluding hydrogens is 517 g/mol. The fourth-order valence-electron chi connectivity index (χ4n) is 4.52. The van der Waals surface area contributed by atoms with Crippen molar-refractivity contribution in [2.75, 3.05) is 29.9 Å². The number of hydrogen-bond acceptors (Lipinski definition) is 11. The number of aromatic nitrogens is 8. The minimum absolute atomic E-state index is 0.0388. The van der Waals surface area contributed by atoms with Crippen LogP contribution in [0, 0.1) is 12.7 Å². The number of nitrogens with zero attached hydrogens (tertiary/aromatic N) is 10. The summed E-state index contributed by atoms with van der Waals surface area (Å²) in [7, 11) is 0. The number of piperazine rings is 1. The molecule has 1 aliphatic heterocycles. The van der Waals surface area contributed by atoms with Crippen LogP contribution in [0.15, 0.2) is 56.0 Å². The lowest BCUT2D eigenvalue weighted by molar-refractivity contribution is -0.128. The maximum atomic E-state index is 15.4. The van der Waals surface area contributed by atoms with Crippen LogP contribution in [-0.2, 0) is 4.79 Å². The molecule has 1 saturated heterocycles.